The Balaban J connectivity index is 4.64. The van der Waals surface area contributed by atoms with Crippen LogP contribution in [-0.2, 0) is 0 Å². The van der Waals surface area contributed by atoms with Gasteiger partial charge in [0.1, 0.15) is 0 Å². The van der Waals surface area contributed by atoms with Gasteiger partial charge < -0.3 is 0 Å². The van der Waals surface area contributed by atoms with Gasteiger partial charge in [0, 0.05) is 504 Å². The van der Waals surface area contributed by atoms with Crippen LogP contribution in [0.1, 0.15) is 20.3 Å². The molecule has 0 rings (SSSR count). The van der Waals surface area contributed by atoms with Gasteiger partial charge in [-0.3, -0.25) is 0 Å². The quantitative estimate of drug-likeness (QED) is 0.324. The second-order valence-corrected chi connectivity index (χ2v) is 13.3. The maximum Gasteiger partial charge on any atom is 0.00704 e. The van der Waals surface area contributed by atoms with Crippen molar-refractivity contribution in [3.63, 3.8) is 0 Å². The van der Waals surface area contributed by atoms with Gasteiger partial charge in [0.2, 0.25) is 0 Å². The molecule has 0 aliphatic heterocycles. The van der Waals surface area contributed by atoms with Crippen molar-refractivity contribution < 1.29 is 0 Å². The molecule has 0 aliphatic carbocycles. The summed E-state index contributed by atoms with van der Waals surface area (Å²) in [5, 5.41) is 0. The van der Waals surface area contributed by atoms with Crippen LogP contribution in [0.15, 0.2) is 0 Å². The Labute approximate surface area is 620 Å². The second-order valence-electron chi connectivity index (χ2n) is 13.3. The Hall–Kier alpha value is -22.4. The zero-order chi connectivity index (χ0) is 74.8. The smallest absolute Gasteiger partial charge is 0.00704 e. The van der Waals surface area contributed by atoms with E-state index in [1.807, 2.05) is 6.92 Å². The molecule has 0 heterocycles. The number of hydrogen-bond acceptors (Lipinski definition) is 0. The third kappa shape index (κ3) is 81.6. The molecule has 0 heteroatoms. The van der Waals surface area contributed by atoms with Crippen LogP contribution in [-0.4, -0.2) is 0 Å². The average Bonchev–Trinajstić information content (AvgIpc) is 3.78. The molecule has 0 saturated carbocycles. The maximum atomic E-state index is 2.81. The van der Waals surface area contributed by atoms with E-state index in [0.717, 1.165) is 6.42 Å². The summed E-state index contributed by atoms with van der Waals surface area (Å²) >= 11 is 0. The van der Waals surface area contributed by atoms with Gasteiger partial charge in [-0.15, -0.1) is 0 Å². The Bertz CT molecular complexity index is 7370. The van der Waals surface area contributed by atoms with Crippen LogP contribution in [0.2, 0.25) is 0 Å². The molecule has 0 bridgehead atoms. The van der Waals surface area contributed by atoms with Crippen LogP contribution < -0.4 is 0 Å². The Morgan fingerprint density at radius 1 is 0.0857 bits per heavy atom. The molecule has 0 aromatic heterocycles. The predicted molar refractivity (Wildman–Crippen MR) is 413 cm³/mol. The highest BCUT2D eigenvalue weighted by molar-refractivity contribution is 5.56. The van der Waals surface area contributed by atoms with Crippen LogP contribution >= 0.6 is 0 Å². The summed E-state index contributed by atoms with van der Waals surface area (Å²) in [5.74, 6) is 256. The minimum atomic E-state index is 0.740. The van der Waals surface area contributed by atoms with Gasteiger partial charge in [-0.1, -0.05) is 18.8 Å². The Kier molecular flexibility index (Phi) is 64.1. The fraction of sp³-hybridized carbons (Fsp3) is 0.0286. The first-order valence-corrected chi connectivity index (χ1v) is 26.8. The van der Waals surface area contributed by atoms with Crippen molar-refractivity contribution in [1.82, 2.24) is 0 Å². The van der Waals surface area contributed by atoms with Crippen molar-refractivity contribution in [2.24, 2.45) is 0 Å². The van der Waals surface area contributed by atoms with Crippen molar-refractivity contribution in [1.29, 1.82) is 0 Å². The number of hydrogen-bond donors (Lipinski definition) is 0. The standard InChI is InChI=1S/C105H8/c1-3-5-7-9-11-13-15-17-19-21-23-25-27-29-31-33-35-37-39-41-43-45-47-49-51-53-55-57-59-61-63-65-67-69-71-73-75-77-79-81-83-85-87-89-91-93-95-97-99-101-103-105-104-102-100-98-96-94-92-90-88-86-84-82-80-78-76-74-72-70-68-66-64-62-60-58-56-54-52-50-48-46-44-42-40-38-36-34-32-30-28-26-24-22-20-18-16-14-12-10-8-6-4-2/h3H2,1-2H3. The van der Waals surface area contributed by atoms with E-state index in [1.165, 1.54) is 0 Å². The van der Waals surface area contributed by atoms with E-state index in [1.54, 1.807) is 6.92 Å². The van der Waals surface area contributed by atoms with Gasteiger partial charge >= 0.3 is 0 Å². The Morgan fingerprint density at radius 3 is 0.200 bits per heavy atom. The van der Waals surface area contributed by atoms with Gasteiger partial charge in [-0.2, -0.15) is 0 Å². The molecule has 0 spiro atoms. The van der Waals surface area contributed by atoms with E-state index in [2.05, 4.69) is 604 Å². The van der Waals surface area contributed by atoms with Crippen LogP contribution in [0.3, 0.4) is 0 Å². The van der Waals surface area contributed by atoms with Gasteiger partial charge in [0.25, 0.3) is 0 Å². The van der Waals surface area contributed by atoms with Crippen molar-refractivity contribution in [2.45, 2.75) is 20.3 Å². The van der Waals surface area contributed by atoms with Crippen LogP contribution in [0, 0.1) is 604 Å². The van der Waals surface area contributed by atoms with Crippen molar-refractivity contribution in [3.05, 3.63) is 0 Å². The van der Waals surface area contributed by atoms with Crippen LogP contribution in [0.4, 0.5) is 0 Å². The Morgan fingerprint density at radius 2 is 0.143 bits per heavy atom. The van der Waals surface area contributed by atoms with E-state index < -0.39 is 0 Å². The van der Waals surface area contributed by atoms with Crippen molar-refractivity contribution in [3.8, 4) is 604 Å². The van der Waals surface area contributed by atoms with E-state index in [0.29, 0.717) is 0 Å². The summed E-state index contributed by atoms with van der Waals surface area (Å²) in [6.07, 6.45) is 0.740. The summed E-state index contributed by atoms with van der Waals surface area (Å²) in [5.41, 5.74) is 0. The fourth-order valence-corrected chi connectivity index (χ4v) is 3.26. The highest BCUT2D eigenvalue weighted by atomic mass is 13.7. The molecule has 0 amide bonds. The second kappa shape index (κ2) is 81.6. The third-order valence-corrected chi connectivity index (χ3v) is 6.58. The first-order chi connectivity index (χ1) is 52.4. The van der Waals surface area contributed by atoms with E-state index in [-0.39, 0.29) is 0 Å². The first-order valence-electron chi connectivity index (χ1n) is 26.8. The van der Waals surface area contributed by atoms with Crippen molar-refractivity contribution in [2.75, 3.05) is 0 Å². The summed E-state index contributed by atoms with van der Waals surface area (Å²) in [6, 6.07) is 0. The molecule has 0 saturated heterocycles. The summed E-state index contributed by atoms with van der Waals surface area (Å²) in [4.78, 5) is 0. The van der Waals surface area contributed by atoms with E-state index >= 15 is 0 Å². The van der Waals surface area contributed by atoms with Crippen LogP contribution in [0.25, 0.3) is 0 Å². The highest BCUT2D eigenvalue weighted by Crippen LogP contribution is 1.69. The monoisotopic (exact) mass is 1270 g/mol. The van der Waals surface area contributed by atoms with Gasteiger partial charge in [-0.25, -0.2) is 0 Å². The van der Waals surface area contributed by atoms with Crippen LogP contribution in [0.5, 0.6) is 0 Å². The normalized spacial score (nSPS) is 4.06. The molecule has 105 heavy (non-hydrogen) atoms. The molecule has 0 aromatic rings. The highest BCUT2D eigenvalue weighted by Gasteiger charge is 1.68. The summed E-state index contributed by atoms with van der Waals surface area (Å²) in [7, 11) is 0. The van der Waals surface area contributed by atoms with Gasteiger partial charge in [0.15, 0.2) is 0 Å². The molecule has 0 N–H and O–H groups in total. The minimum absolute atomic E-state index is 0.740. The summed E-state index contributed by atoms with van der Waals surface area (Å²) in [6.45, 7) is 3.61. The maximum absolute atomic E-state index is 2.81. The lowest BCUT2D eigenvalue weighted by atomic mass is 10.4. The van der Waals surface area contributed by atoms with E-state index in [9.17, 15) is 0 Å². The van der Waals surface area contributed by atoms with Crippen molar-refractivity contribution >= 4 is 0 Å². The largest absolute Gasteiger partial charge is 0.0925 e. The zero-order valence-electron chi connectivity index (χ0n) is 53.7. The molecule has 0 atom stereocenters. The molecule has 0 nitrogen and oxygen atoms in total. The lowest BCUT2D eigenvalue weighted by Crippen LogP contribution is -1.57. The lowest BCUT2D eigenvalue weighted by molar-refractivity contribution is 1.28. The van der Waals surface area contributed by atoms with E-state index in [4.69, 9.17) is 0 Å². The third-order valence-electron chi connectivity index (χ3n) is 6.58. The minimum Gasteiger partial charge on any atom is -0.0925 e. The zero-order valence-corrected chi connectivity index (χ0v) is 53.7. The molecule has 0 aliphatic rings. The molecular weight excluding hydrogens is 1260 g/mol. The topological polar surface area (TPSA) is 0 Å². The molecule has 0 unspecified atom stereocenters. The molecule has 0 aromatic carbocycles. The fourth-order valence-electron chi connectivity index (χ4n) is 3.26. The molecule has 0 fully saturated rings. The SMILES string of the molecule is CC#CC#CC#CC#CC#CC#CC#CC#CC#CC#CC#CC#CC#CC#CC#CC#CC#CC#CC#CC#CC#CC#CC#CC#CC#CC#CC#CC#CC#CC#CC#CC#CC#CC#CC#CC#CC#CC#CC#CC#CC#CC#CC#CC#CC#CC#CC#CC#CC#CC#CC#CCC. The summed E-state index contributed by atoms with van der Waals surface area (Å²) < 4.78 is 0. The van der Waals surface area contributed by atoms with Gasteiger partial charge in [0.05, 0.1) is 0 Å². The lowest BCUT2D eigenvalue weighted by Gasteiger charge is -1.60. The number of rotatable bonds is 0. The molecule has 0 radical (unpaired) electrons. The van der Waals surface area contributed by atoms with Gasteiger partial charge in [-0.05, 0) is 102 Å². The molecular formula is C105H8. The predicted octanol–water partition coefficient (Wildman–Crippen LogP) is 1.59. The average molecular weight is 1270 g/mol. The molecule has 428 valence electrons. The first kappa shape index (κ1) is 82.6.